The number of carbonyl (C=O) groups is 1. The van der Waals surface area contributed by atoms with Gasteiger partial charge in [0.1, 0.15) is 11.9 Å². The molecule has 6 heteroatoms. The number of ether oxygens (including phenoxy) is 2. The van der Waals surface area contributed by atoms with Gasteiger partial charge in [0.15, 0.2) is 0 Å². The highest BCUT2D eigenvalue weighted by molar-refractivity contribution is 5.91. The highest BCUT2D eigenvalue weighted by Gasteiger charge is 2.24. The number of urea groups is 1. The summed E-state index contributed by atoms with van der Waals surface area (Å²) >= 11 is 0. The fraction of sp³-hybridized carbons (Fsp3) is 0.368. The topological polar surface area (TPSA) is 72.5 Å². The van der Waals surface area contributed by atoms with Crippen LogP contribution in [-0.2, 0) is 0 Å². The molecule has 1 aliphatic carbocycles. The third-order valence-corrected chi connectivity index (χ3v) is 4.29. The van der Waals surface area contributed by atoms with E-state index in [0.717, 1.165) is 25.7 Å². The predicted octanol–water partition coefficient (Wildman–Crippen LogP) is 3.60. The number of rotatable bonds is 5. The molecule has 1 fully saturated rings. The molecule has 6 nitrogen and oxygen atoms in total. The highest BCUT2D eigenvalue weighted by atomic mass is 16.5. The molecule has 1 aromatic carbocycles. The fourth-order valence-corrected chi connectivity index (χ4v) is 3.00. The van der Waals surface area contributed by atoms with Gasteiger partial charge in [0.25, 0.3) is 0 Å². The van der Waals surface area contributed by atoms with Crippen LogP contribution in [0.4, 0.5) is 10.5 Å². The van der Waals surface area contributed by atoms with E-state index >= 15 is 0 Å². The van der Waals surface area contributed by atoms with Crippen LogP contribution < -0.4 is 20.1 Å². The molecule has 0 unspecified atom stereocenters. The second kappa shape index (κ2) is 8.37. The molecule has 25 heavy (non-hydrogen) atoms. The summed E-state index contributed by atoms with van der Waals surface area (Å²) in [5, 5.41) is 5.87. The maximum Gasteiger partial charge on any atom is 0.319 e. The summed E-state index contributed by atoms with van der Waals surface area (Å²) in [4.78, 5) is 16.4. The van der Waals surface area contributed by atoms with E-state index in [1.807, 2.05) is 42.5 Å². The SMILES string of the molecule is COc1ccccc1NC(=O)NC1CCC(Oc2ccccn2)CC1. The number of anilines is 1. The molecule has 1 heterocycles. The summed E-state index contributed by atoms with van der Waals surface area (Å²) in [5.41, 5.74) is 0.662. The number of amides is 2. The number of hydrogen-bond donors (Lipinski definition) is 2. The molecule has 0 atom stereocenters. The molecule has 0 spiro atoms. The van der Waals surface area contributed by atoms with Crippen molar-refractivity contribution in [3.05, 3.63) is 48.7 Å². The predicted molar refractivity (Wildman–Crippen MR) is 96.1 cm³/mol. The fourth-order valence-electron chi connectivity index (χ4n) is 3.00. The number of nitrogens with zero attached hydrogens (tertiary/aromatic N) is 1. The largest absolute Gasteiger partial charge is 0.495 e. The van der Waals surface area contributed by atoms with E-state index in [4.69, 9.17) is 9.47 Å². The van der Waals surface area contributed by atoms with Crippen LogP contribution in [0.15, 0.2) is 48.7 Å². The van der Waals surface area contributed by atoms with Crippen LogP contribution in [0.25, 0.3) is 0 Å². The van der Waals surface area contributed by atoms with Crippen molar-refractivity contribution < 1.29 is 14.3 Å². The number of para-hydroxylation sites is 2. The first-order valence-corrected chi connectivity index (χ1v) is 8.53. The lowest BCUT2D eigenvalue weighted by Gasteiger charge is -2.29. The minimum absolute atomic E-state index is 0.151. The zero-order chi connectivity index (χ0) is 17.5. The second-order valence-electron chi connectivity index (χ2n) is 6.06. The standard InChI is InChI=1S/C19H23N3O3/c1-24-17-7-3-2-6-16(17)22-19(23)21-14-9-11-15(12-10-14)25-18-8-4-5-13-20-18/h2-8,13-15H,9-12H2,1H3,(H2,21,22,23). The number of carbonyl (C=O) groups excluding carboxylic acids is 1. The molecular formula is C19H23N3O3. The van der Waals surface area contributed by atoms with E-state index in [-0.39, 0.29) is 18.2 Å². The normalized spacial score (nSPS) is 19.7. The summed E-state index contributed by atoms with van der Waals surface area (Å²) < 4.78 is 11.1. The Hall–Kier alpha value is -2.76. The Morgan fingerprint density at radius 3 is 2.56 bits per heavy atom. The number of hydrogen-bond acceptors (Lipinski definition) is 4. The summed E-state index contributed by atoms with van der Waals surface area (Å²) in [6, 6.07) is 12.9. The van der Waals surface area contributed by atoms with Crippen molar-refractivity contribution in [2.45, 2.75) is 37.8 Å². The van der Waals surface area contributed by atoms with Crippen molar-refractivity contribution >= 4 is 11.7 Å². The number of aromatic nitrogens is 1. The molecule has 0 aliphatic heterocycles. The highest BCUT2D eigenvalue weighted by Crippen LogP contribution is 2.24. The van der Waals surface area contributed by atoms with Crippen LogP contribution in [0, 0.1) is 0 Å². The molecule has 3 rings (SSSR count). The average Bonchev–Trinajstić information content (AvgIpc) is 2.64. The van der Waals surface area contributed by atoms with Crippen molar-refractivity contribution in [1.82, 2.24) is 10.3 Å². The van der Waals surface area contributed by atoms with Gasteiger partial charge in [0.2, 0.25) is 5.88 Å². The Morgan fingerprint density at radius 1 is 1.08 bits per heavy atom. The molecule has 0 bridgehead atoms. The van der Waals surface area contributed by atoms with Gasteiger partial charge in [-0.15, -0.1) is 0 Å². The third kappa shape index (κ3) is 4.86. The van der Waals surface area contributed by atoms with E-state index in [9.17, 15) is 4.79 Å². The quantitative estimate of drug-likeness (QED) is 0.871. The second-order valence-corrected chi connectivity index (χ2v) is 6.06. The van der Waals surface area contributed by atoms with Gasteiger partial charge in [0.05, 0.1) is 12.8 Å². The first-order valence-electron chi connectivity index (χ1n) is 8.53. The molecule has 0 radical (unpaired) electrons. The number of pyridine rings is 1. The van der Waals surface area contributed by atoms with Crippen molar-refractivity contribution in [3.8, 4) is 11.6 Å². The maximum atomic E-state index is 12.2. The molecule has 2 aromatic rings. The zero-order valence-electron chi connectivity index (χ0n) is 14.3. The van der Waals surface area contributed by atoms with Gasteiger partial charge in [0, 0.05) is 18.3 Å². The van der Waals surface area contributed by atoms with Crippen LogP contribution >= 0.6 is 0 Å². The summed E-state index contributed by atoms with van der Waals surface area (Å²) in [5.74, 6) is 1.30. The van der Waals surface area contributed by atoms with Crippen molar-refractivity contribution in [2.75, 3.05) is 12.4 Å². The molecule has 1 aliphatic rings. The van der Waals surface area contributed by atoms with Gasteiger partial charge < -0.3 is 20.1 Å². The third-order valence-electron chi connectivity index (χ3n) is 4.29. The first kappa shape index (κ1) is 17.1. The Labute approximate surface area is 147 Å². The minimum atomic E-state index is -0.210. The Morgan fingerprint density at radius 2 is 1.84 bits per heavy atom. The lowest BCUT2D eigenvalue weighted by Crippen LogP contribution is -2.41. The molecular weight excluding hydrogens is 318 g/mol. The Balaban J connectivity index is 1.45. The van der Waals surface area contributed by atoms with E-state index in [2.05, 4.69) is 15.6 Å². The van der Waals surface area contributed by atoms with Crippen LogP contribution in [0.3, 0.4) is 0 Å². The first-order chi connectivity index (χ1) is 12.2. The average molecular weight is 341 g/mol. The monoisotopic (exact) mass is 341 g/mol. The van der Waals surface area contributed by atoms with E-state index in [1.165, 1.54) is 0 Å². The van der Waals surface area contributed by atoms with Gasteiger partial charge in [-0.1, -0.05) is 18.2 Å². The van der Waals surface area contributed by atoms with Crippen molar-refractivity contribution in [2.24, 2.45) is 0 Å². The number of benzene rings is 1. The maximum absolute atomic E-state index is 12.2. The van der Waals surface area contributed by atoms with Crippen molar-refractivity contribution in [3.63, 3.8) is 0 Å². The van der Waals surface area contributed by atoms with Crippen LogP contribution in [0.5, 0.6) is 11.6 Å². The van der Waals surface area contributed by atoms with Gasteiger partial charge in [-0.2, -0.15) is 0 Å². The van der Waals surface area contributed by atoms with E-state index in [1.54, 1.807) is 13.3 Å². The Kier molecular flexibility index (Phi) is 5.72. The lowest BCUT2D eigenvalue weighted by atomic mass is 9.93. The van der Waals surface area contributed by atoms with Gasteiger partial charge >= 0.3 is 6.03 Å². The molecule has 2 N–H and O–H groups in total. The number of nitrogens with one attached hydrogen (secondary N) is 2. The molecule has 2 amide bonds. The lowest BCUT2D eigenvalue weighted by molar-refractivity contribution is 0.135. The molecule has 132 valence electrons. The van der Waals surface area contributed by atoms with Gasteiger partial charge in [-0.3, -0.25) is 0 Å². The molecule has 1 aromatic heterocycles. The van der Waals surface area contributed by atoms with Crippen LogP contribution in [0.2, 0.25) is 0 Å². The van der Waals surface area contributed by atoms with Crippen LogP contribution in [-0.4, -0.2) is 30.3 Å². The Bertz CT molecular complexity index is 685. The van der Waals surface area contributed by atoms with Crippen molar-refractivity contribution in [1.29, 1.82) is 0 Å². The molecule has 1 saturated carbocycles. The summed E-state index contributed by atoms with van der Waals surface area (Å²) in [6.07, 6.45) is 5.45. The van der Waals surface area contributed by atoms with Gasteiger partial charge in [-0.05, 0) is 43.9 Å². The molecule has 0 saturated heterocycles. The van der Waals surface area contributed by atoms with E-state index < -0.39 is 0 Å². The summed E-state index contributed by atoms with van der Waals surface area (Å²) in [7, 11) is 1.58. The van der Waals surface area contributed by atoms with E-state index in [0.29, 0.717) is 17.3 Å². The van der Waals surface area contributed by atoms with Crippen LogP contribution in [0.1, 0.15) is 25.7 Å². The smallest absolute Gasteiger partial charge is 0.319 e. The minimum Gasteiger partial charge on any atom is -0.495 e. The zero-order valence-corrected chi connectivity index (χ0v) is 14.3. The number of methoxy groups -OCH3 is 1. The summed E-state index contributed by atoms with van der Waals surface area (Å²) in [6.45, 7) is 0. The van der Waals surface area contributed by atoms with Gasteiger partial charge in [-0.25, -0.2) is 9.78 Å².